The number of likely N-dealkylation sites (N-methyl/N-ethyl adjacent to an activating group) is 1. The first-order valence-corrected chi connectivity index (χ1v) is 7.05. The van der Waals surface area contributed by atoms with Gasteiger partial charge >= 0.3 is 6.03 Å². The lowest BCUT2D eigenvalue weighted by Gasteiger charge is -2.17. The first-order chi connectivity index (χ1) is 9.13. The van der Waals surface area contributed by atoms with E-state index in [1.807, 2.05) is 19.3 Å². The number of carbonyl (C=O) groups is 1. The molecule has 100 valence electrons. The third-order valence-electron chi connectivity index (χ3n) is 4.15. The van der Waals surface area contributed by atoms with Crippen molar-refractivity contribution in [1.29, 1.82) is 0 Å². The zero-order chi connectivity index (χ0) is 13.1. The van der Waals surface area contributed by atoms with Crippen molar-refractivity contribution >= 4 is 27.9 Å². The van der Waals surface area contributed by atoms with Gasteiger partial charge in [0, 0.05) is 24.1 Å². The van der Waals surface area contributed by atoms with Crippen LogP contribution < -0.4 is 5.32 Å². The molecule has 19 heavy (non-hydrogen) atoms. The normalized spacial score (nSPS) is 35.8. The quantitative estimate of drug-likeness (QED) is 0.811. The van der Waals surface area contributed by atoms with Gasteiger partial charge in [-0.15, -0.1) is 0 Å². The van der Waals surface area contributed by atoms with Crippen LogP contribution in [0.1, 0.15) is 12.1 Å². The Hall–Kier alpha value is -1.50. The standard InChI is InChI=1S/C12H13BrN4O2/c1-17-7-3-8-10(9(7)16-12(17)18)15-11(19-8)6-2-5(13)4-14-6/h2,4,7-10,14H,3H2,1H3,(H,16,18)/t7?,8-,9?,10-/m1/s1. The summed E-state index contributed by atoms with van der Waals surface area (Å²) in [6, 6.07) is 2.22. The molecular formula is C12H13BrN4O2. The molecular weight excluding hydrogens is 312 g/mol. The molecule has 1 aromatic heterocycles. The average Bonchev–Trinajstić information content (AvgIpc) is 3.07. The fourth-order valence-electron chi connectivity index (χ4n) is 3.17. The van der Waals surface area contributed by atoms with Gasteiger partial charge in [-0.25, -0.2) is 9.79 Å². The van der Waals surface area contributed by atoms with Crippen molar-refractivity contribution < 1.29 is 9.53 Å². The molecule has 4 atom stereocenters. The molecule has 7 heteroatoms. The van der Waals surface area contributed by atoms with E-state index in [2.05, 4.69) is 31.2 Å². The number of amides is 2. The first-order valence-electron chi connectivity index (χ1n) is 6.25. The molecule has 2 N–H and O–H groups in total. The summed E-state index contributed by atoms with van der Waals surface area (Å²) in [6.07, 6.45) is 2.75. The maximum atomic E-state index is 11.6. The monoisotopic (exact) mass is 324 g/mol. The summed E-state index contributed by atoms with van der Waals surface area (Å²) in [5.41, 5.74) is 0.871. The van der Waals surface area contributed by atoms with Gasteiger partial charge in [-0.3, -0.25) is 0 Å². The fourth-order valence-corrected chi connectivity index (χ4v) is 3.52. The fraction of sp³-hybridized carbons (Fsp3) is 0.500. The molecule has 0 aromatic carbocycles. The number of hydrogen-bond acceptors (Lipinski definition) is 3. The van der Waals surface area contributed by atoms with E-state index >= 15 is 0 Å². The average molecular weight is 325 g/mol. The molecule has 0 bridgehead atoms. The van der Waals surface area contributed by atoms with Crippen LogP contribution in [-0.4, -0.2) is 53.1 Å². The summed E-state index contributed by atoms with van der Waals surface area (Å²) in [5.74, 6) is 0.642. The second-order valence-electron chi connectivity index (χ2n) is 5.20. The van der Waals surface area contributed by atoms with E-state index in [9.17, 15) is 4.79 Å². The zero-order valence-electron chi connectivity index (χ0n) is 10.3. The molecule has 1 saturated carbocycles. The van der Waals surface area contributed by atoms with Gasteiger partial charge in [-0.2, -0.15) is 0 Å². The van der Waals surface area contributed by atoms with Crippen molar-refractivity contribution in [3.05, 3.63) is 22.4 Å². The van der Waals surface area contributed by atoms with Gasteiger partial charge < -0.3 is 19.9 Å². The van der Waals surface area contributed by atoms with Crippen LogP contribution in [0.25, 0.3) is 0 Å². The van der Waals surface area contributed by atoms with Crippen LogP contribution in [-0.2, 0) is 4.74 Å². The minimum atomic E-state index is -0.0141. The van der Waals surface area contributed by atoms with Crippen molar-refractivity contribution in [1.82, 2.24) is 15.2 Å². The van der Waals surface area contributed by atoms with E-state index in [0.717, 1.165) is 16.6 Å². The van der Waals surface area contributed by atoms with E-state index in [1.54, 1.807) is 4.90 Å². The predicted octanol–water partition coefficient (Wildman–Crippen LogP) is 1.09. The number of aromatic nitrogens is 1. The summed E-state index contributed by atoms with van der Waals surface area (Å²) in [6.45, 7) is 0. The summed E-state index contributed by atoms with van der Waals surface area (Å²) in [4.78, 5) is 21.2. The number of carbonyl (C=O) groups excluding carboxylic acids is 1. The van der Waals surface area contributed by atoms with E-state index in [1.165, 1.54) is 0 Å². The van der Waals surface area contributed by atoms with Crippen molar-refractivity contribution in [2.45, 2.75) is 30.7 Å². The van der Waals surface area contributed by atoms with Gasteiger partial charge in [0.25, 0.3) is 0 Å². The Morgan fingerprint density at radius 2 is 2.42 bits per heavy atom. The van der Waals surface area contributed by atoms with E-state index < -0.39 is 0 Å². The predicted molar refractivity (Wildman–Crippen MR) is 72.2 cm³/mol. The number of urea groups is 1. The van der Waals surface area contributed by atoms with Crippen LogP contribution in [0.3, 0.4) is 0 Å². The number of nitrogens with zero attached hydrogens (tertiary/aromatic N) is 2. The Labute approximate surface area is 118 Å². The topological polar surface area (TPSA) is 69.7 Å². The maximum absolute atomic E-state index is 11.6. The Balaban J connectivity index is 1.62. The van der Waals surface area contributed by atoms with Crippen LogP contribution in [0, 0.1) is 0 Å². The largest absolute Gasteiger partial charge is 0.471 e. The highest BCUT2D eigenvalue weighted by Crippen LogP contribution is 2.37. The molecule has 1 saturated heterocycles. The summed E-state index contributed by atoms with van der Waals surface area (Å²) in [5, 5.41) is 2.99. The van der Waals surface area contributed by atoms with Gasteiger partial charge in [0.1, 0.15) is 17.8 Å². The first kappa shape index (κ1) is 11.3. The molecule has 1 aliphatic carbocycles. The number of hydrogen-bond donors (Lipinski definition) is 2. The van der Waals surface area contributed by atoms with E-state index in [-0.39, 0.29) is 30.3 Å². The minimum Gasteiger partial charge on any atom is -0.471 e. The molecule has 2 amide bonds. The molecule has 0 radical (unpaired) electrons. The maximum Gasteiger partial charge on any atom is 0.317 e. The van der Waals surface area contributed by atoms with Gasteiger partial charge in [0.05, 0.1) is 12.1 Å². The van der Waals surface area contributed by atoms with Crippen LogP contribution in [0.15, 0.2) is 21.7 Å². The number of ether oxygens (including phenoxy) is 1. The highest BCUT2D eigenvalue weighted by atomic mass is 79.9. The molecule has 2 fully saturated rings. The summed E-state index contributed by atoms with van der Waals surface area (Å²) < 4.78 is 6.89. The summed E-state index contributed by atoms with van der Waals surface area (Å²) >= 11 is 3.40. The number of aliphatic imine (C=N–C) groups is 1. The molecule has 6 nitrogen and oxygen atoms in total. The smallest absolute Gasteiger partial charge is 0.317 e. The lowest BCUT2D eigenvalue weighted by atomic mass is 10.1. The highest BCUT2D eigenvalue weighted by molar-refractivity contribution is 9.10. The highest BCUT2D eigenvalue weighted by Gasteiger charge is 2.54. The number of nitrogens with one attached hydrogen (secondary N) is 2. The number of halogens is 1. The molecule has 2 aliphatic heterocycles. The van der Waals surface area contributed by atoms with E-state index in [0.29, 0.717) is 5.90 Å². The van der Waals surface area contributed by atoms with Gasteiger partial charge in [-0.05, 0) is 22.0 Å². The SMILES string of the molecule is CN1C(=O)NC2C1C[C@H]1OC(c3cc(Br)c[nH]3)=N[C@@H]21. The van der Waals surface area contributed by atoms with Crippen LogP contribution in [0.5, 0.6) is 0 Å². The number of aromatic amines is 1. The van der Waals surface area contributed by atoms with Crippen molar-refractivity contribution in [2.24, 2.45) is 4.99 Å². The van der Waals surface area contributed by atoms with Crippen LogP contribution >= 0.6 is 15.9 Å². The van der Waals surface area contributed by atoms with Gasteiger partial charge in [0.15, 0.2) is 0 Å². The van der Waals surface area contributed by atoms with Gasteiger partial charge in [-0.1, -0.05) is 0 Å². The minimum absolute atomic E-state index is 0.0141. The number of fused-ring (bicyclic) bond motifs is 3. The Morgan fingerprint density at radius 1 is 1.58 bits per heavy atom. The van der Waals surface area contributed by atoms with Crippen molar-refractivity contribution in [3.8, 4) is 0 Å². The van der Waals surface area contributed by atoms with Gasteiger partial charge in [0.2, 0.25) is 5.90 Å². The zero-order valence-corrected chi connectivity index (χ0v) is 11.8. The third kappa shape index (κ3) is 1.54. The molecule has 1 aromatic rings. The molecule has 3 heterocycles. The lowest BCUT2D eigenvalue weighted by molar-refractivity contribution is 0.182. The van der Waals surface area contributed by atoms with Crippen LogP contribution in [0.4, 0.5) is 4.79 Å². The van der Waals surface area contributed by atoms with Crippen molar-refractivity contribution in [3.63, 3.8) is 0 Å². The summed E-state index contributed by atoms with van der Waals surface area (Å²) in [7, 11) is 1.83. The Bertz CT molecular complexity index is 584. The molecule has 0 spiro atoms. The third-order valence-corrected chi connectivity index (χ3v) is 4.61. The van der Waals surface area contributed by atoms with Crippen molar-refractivity contribution in [2.75, 3.05) is 7.05 Å². The number of H-pyrrole nitrogens is 1. The second-order valence-corrected chi connectivity index (χ2v) is 6.12. The number of rotatable bonds is 1. The Morgan fingerprint density at radius 3 is 3.16 bits per heavy atom. The Kier molecular flexibility index (Phi) is 2.24. The lowest BCUT2D eigenvalue weighted by Crippen LogP contribution is -2.37. The second kappa shape index (κ2) is 3.75. The molecule has 3 aliphatic rings. The van der Waals surface area contributed by atoms with E-state index in [4.69, 9.17) is 4.74 Å². The van der Waals surface area contributed by atoms with Crippen LogP contribution in [0.2, 0.25) is 0 Å². The molecule has 2 unspecified atom stereocenters. The molecule has 4 rings (SSSR count).